The van der Waals surface area contributed by atoms with Crippen LogP contribution in [0.4, 0.5) is 18.6 Å². The lowest BCUT2D eigenvalue weighted by Crippen LogP contribution is -2.43. The molecule has 1 aromatic heterocycles. The fourth-order valence-corrected chi connectivity index (χ4v) is 3.78. The van der Waals surface area contributed by atoms with Gasteiger partial charge in [0.25, 0.3) is 5.91 Å². The molecule has 176 valence electrons. The average Bonchev–Trinajstić information content (AvgIpc) is 3.09. The summed E-state index contributed by atoms with van der Waals surface area (Å²) in [4.78, 5) is 26.4. The van der Waals surface area contributed by atoms with Crippen molar-refractivity contribution in [2.75, 3.05) is 26.0 Å². The first kappa shape index (κ1) is 25.5. The molecular formula is C21H29F2N5O3S. The van der Waals surface area contributed by atoms with Crippen molar-refractivity contribution in [2.24, 2.45) is 5.73 Å². The third kappa shape index (κ3) is 7.13. The van der Waals surface area contributed by atoms with E-state index in [0.717, 1.165) is 42.9 Å². The number of anilines is 1. The summed E-state index contributed by atoms with van der Waals surface area (Å²) in [5.41, 5.74) is 5.45. The van der Waals surface area contributed by atoms with Crippen molar-refractivity contribution < 1.29 is 23.1 Å². The predicted molar refractivity (Wildman–Crippen MR) is 120 cm³/mol. The van der Waals surface area contributed by atoms with Gasteiger partial charge in [-0.2, -0.15) is 4.37 Å². The van der Waals surface area contributed by atoms with Crippen LogP contribution < -0.4 is 21.1 Å². The minimum atomic E-state index is -0.865. The Balaban J connectivity index is 2.11. The van der Waals surface area contributed by atoms with Gasteiger partial charge in [0.1, 0.15) is 28.8 Å². The summed E-state index contributed by atoms with van der Waals surface area (Å²) < 4.78 is 37.2. The fraction of sp³-hybridized carbons (Fsp3) is 0.476. The van der Waals surface area contributed by atoms with Crippen molar-refractivity contribution in [3.8, 4) is 5.88 Å². The number of amides is 3. The normalized spacial score (nSPS) is 12.0. The topological polar surface area (TPSA) is 110 Å². The molecule has 8 nitrogen and oxygen atoms in total. The Hall–Kier alpha value is -2.79. The number of benzene rings is 1. The Morgan fingerprint density at radius 1 is 1.28 bits per heavy atom. The smallest absolute Gasteiger partial charge is 0.320 e. The van der Waals surface area contributed by atoms with Crippen molar-refractivity contribution in [3.05, 3.63) is 40.5 Å². The maximum absolute atomic E-state index is 14.0. The number of aromatic nitrogens is 1. The lowest BCUT2D eigenvalue weighted by atomic mass is 10.1. The summed E-state index contributed by atoms with van der Waals surface area (Å²) in [5, 5.41) is 5.59. The van der Waals surface area contributed by atoms with Gasteiger partial charge in [-0.05, 0) is 56.7 Å². The van der Waals surface area contributed by atoms with Crippen LogP contribution in [-0.2, 0) is 6.61 Å². The zero-order valence-electron chi connectivity index (χ0n) is 18.6. The molecule has 0 aliphatic carbocycles. The van der Waals surface area contributed by atoms with E-state index in [4.69, 9.17) is 10.5 Å². The van der Waals surface area contributed by atoms with Gasteiger partial charge >= 0.3 is 6.03 Å². The van der Waals surface area contributed by atoms with Crippen LogP contribution in [0.1, 0.15) is 47.7 Å². The van der Waals surface area contributed by atoms with Gasteiger partial charge < -0.3 is 20.7 Å². The van der Waals surface area contributed by atoms with Gasteiger partial charge in [0.05, 0.1) is 0 Å². The van der Waals surface area contributed by atoms with Crippen LogP contribution in [0, 0.1) is 18.6 Å². The van der Waals surface area contributed by atoms with E-state index in [1.807, 2.05) is 19.0 Å². The largest absolute Gasteiger partial charge is 0.471 e. The van der Waals surface area contributed by atoms with E-state index in [-0.39, 0.29) is 40.2 Å². The van der Waals surface area contributed by atoms with Crippen molar-refractivity contribution in [2.45, 2.75) is 45.8 Å². The van der Waals surface area contributed by atoms with Gasteiger partial charge in [0.2, 0.25) is 5.88 Å². The number of hydrogen-bond acceptors (Lipinski definition) is 6. The number of halogens is 2. The van der Waals surface area contributed by atoms with Crippen LogP contribution in [0.3, 0.4) is 0 Å². The molecule has 0 bridgehead atoms. The van der Waals surface area contributed by atoms with E-state index < -0.39 is 23.6 Å². The average molecular weight is 470 g/mol. The third-order valence-corrected chi connectivity index (χ3v) is 5.40. The summed E-state index contributed by atoms with van der Waals surface area (Å²) in [6, 6.07) is 1.50. The first-order chi connectivity index (χ1) is 15.1. The molecule has 0 radical (unpaired) electrons. The van der Waals surface area contributed by atoms with Crippen molar-refractivity contribution in [3.63, 3.8) is 0 Å². The standard InChI is InChI=1S/C21H29F2N5O3S/c1-5-6-7-14(10-28(3)4)25-21(30)26-20-17(18(24)29)19(27-32-20)31-11-13-9-15(22)12(2)8-16(13)23/h8-9,14H,5-7,10-11H2,1-4H3,(H2,24,29)(H2,25,26,30). The number of nitrogens with zero attached hydrogens (tertiary/aromatic N) is 2. The summed E-state index contributed by atoms with van der Waals surface area (Å²) in [6.07, 6.45) is 2.76. The molecule has 0 fully saturated rings. The van der Waals surface area contributed by atoms with Gasteiger partial charge in [-0.25, -0.2) is 13.6 Å². The minimum absolute atomic E-state index is 0.0359. The number of unbranched alkanes of at least 4 members (excludes halogenated alkanes) is 1. The van der Waals surface area contributed by atoms with Crippen LogP contribution >= 0.6 is 11.5 Å². The molecule has 1 atom stereocenters. The van der Waals surface area contributed by atoms with Crippen LogP contribution in [0.2, 0.25) is 0 Å². The van der Waals surface area contributed by atoms with E-state index >= 15 is 0 Å². The van der Waals surface area contributed by atoms with Crippen LogP contribution in [0.25, 0.3) is 0 Å². The van der Waals surface area contributed by atoms with E-state index in [2.05, 4.69) is 21.9 Å². The number of carbonyl (C=O) groups is 2. The number of ether oxygens (including phenoxy) is 1. The number of rotatable bonds is 11. The van der Waals surface area contributed by atoms with Crippen molar-refractivity contribution in [1.29, 1.82) is 0 Å². The third-order valence-electron chi connectivity index (χ3n) is 4.65. The van der Waals surface area contributed by atoms with Gasteiger partial charge in [-0.1, -0.05) is 19.8 Å². The first-order valence-corrected chi connectivity index (χ1v) is 11.0. The summed E-state index contributed by atoms with van der Waals surface area (Å²) in [5.74, 6) is -2.24. The number of aryl methyl sites for hydroxylation is 1. The number of urea groups is 1. The van der Waals surface area contributed by atoms with Crippen LogP contribution in [-0.4, -0.2) is 47.9 Å². The number of nitrogens with one attached hydrogen (secondary N) is 2. The fourth-order valence-electron chi connectivity index (χ4n) is 3.05. The molecule has 11 heteroatoms. The second-order valence-corrected chi connectivity index (χ2v) is 8.51. The molecule has 0 saturated carbocycles. The Kier molecular flexibility index (Phi) is 9.33. The number of carbonyl (C=O) groups excluding carboxylic acids is 2. The predicted octanol–water partition coefficient (Wildman–Crippen LogP) is 3.65. The molecule has 1 heterocycles. The molecule has 0 spiro atoms. The van der Waals surface area contributed by atoms with Crippen molar-refractivity contribution >= 4 is 28.5 Å². The zero-order chi connectivity index (χ0) is 23.8. The lowest BCUT2D eigenvalue weighted by Gasteiger charge is -2.22. The van der Waals surface area contributed by atoms with Crippen LogP contribution in [0.15, 0.2) is 12.1 Å². The molecule has 0 aliphatic heterocycles. The van der Waals surface area contributed by atoms with E-state index in [1.54, 1.807) is 0 Å². The second kappa shape index (κ2) is 11.7. The summed E-state index contributed by atoms with van der Waals surface area (Å²) in [7, 11) is 3.83. The Bertz CT molecular complexity index is 952. The molecule has 1 aromatic carbocycles. The molecule has 3 amide bonds. The van der Waals surface area contributed by atoms with E-state index in [0.29, 0.717) is 6.54 Å². The highest BCUT2D eigenvalue weighted by atomic mass is 32.1. The highest BCUT2D eigenvalue weighted by molar-refractivity contribution is 7.11. The molecule has 1 unspecified atom stereocenters. The SMILES string of the molecule is CCCCC(CN(C)C)NC(=O)Nc1snc(OCc2cc(F)c(C)cc2F)c1C(N)=O. The highest BCUT2D eigenvalue weighted by Gasteiger charge is 2.23. The maximum Gasteiger partial charge on any atom is 0.320 e. The van der Waals surface area contributed by atoms with Gasteiger partial charge in [0.15, 0.2) is 0 Å². The van der Waals surface area contributed by atoms with Gasteiger partial charge in [-0.15, -0.1) is 0 Å². The monoisotopic (exact) mass is 469 g/mol. The van der Waals surface area contributed by atoms with E-state index in [9.17, 15) is 18.4 Å². The molecule has 2 aromatic rings. The van der Waals surface area contributed by atoms with Crippen LogP contribution in [0.5, 0.6) is 5.88 Å². The second-order valence-electron chi connectivity index (χ2n) is 7.74. The molecule has 4 N–H and O–H groups in total. The molecule has 0 aliphatic rings. The molecular weight excluding hydrogens is 440 g/mol. The van der Waals surface area contributed by atoms with Crippen molar-refractivity contribution in [1.82, 2.24) is 14.6 Å². The minimum Gasteiger partial charge on any atom is -0.471 e. The summed E-state index contributed by atoms with van der Waals surface area (Å²) in [6.45, 7) is 3.82. The van der Waals surface area contributed by atoms with E-state index in [1.165, 1.54) is 6.92 Å². The maximum atomic E-state index is 14.0. The number of hydrogen-bond donors (Lipinski definition) is 3. The molecule has 0 saturated heterocycles. The van der Waals surface area contributed by atoms with Gasteiger partial charge in [0, 0.05) is 18.2 Å². The Morgan fingerprint density at radius 3 is 2.62 bits per heavy atom. The number of primary amides is 1. The Labute approximate surface area is 190 Å². The number of nitrogens with two attached hydrogens (primary N) is 1. The first-order valence-electron chi connectivity index (χ1n) is 10.2. The highest BCUT2D eigenvalue weighted by Crippen LogP contribution is 2.31. The quantitative estimate of drug-likeness (QED) is 0.465. The van der Waals surface area contributed by atoms with Gasteiger partial charge in [-0.3, -0.25) is 10.1 Å². The number of likely N-dealkylation sites (N-methyl/N-ethyl adjacent to an activating group) is 1. The lowest BCUT2D eigenvalue weighted by molar-refractivity contribution is 0.0996. The molecule has 32 heavy (non-hydrogen) atoms. The summed E-state index contributed by atoms with van der Waals surface area (Å²) >= 11 is 0.811. The molecule has 2 rings (SSSR count). The Morgan fingerprint density at radius 2 is 2.00 bits per heavy atom. The zero-order valence-corrected chi connectivity index (χ0v) is 19.4.